The number of hydrogen-bond acceptors (Lipinski definition) is 4. The first-order valence-electron chi connectivity index (χ1n) is 10.8. The molecule has 0 radical (unpaired) electrons. The number of para-hydroxylation sites is 1. The minimum absolute atomic E-state index is 0.0873. The van der Waals surface area contributed by atoms with E-state index in [1.165, 1.54) is 4.90 Å². The molecule has 0 saturated carbocycles. The number of halogens is 1. The number of nitrogens with zero attached hydrogens (tertiary/aromatic N) is 2. The normalized spacial score (nSPS) is 12.3. The maximum Gasteiger partial charge on any atom is 0.244 e. The highest BCUT2D eigenvalue weighted by Crippen LogP contribution is 2.28. The van der Waals surface area contributed by atoms with Crippen LogP contribution in [-0.2, 0) is 26.2 Å². The maximum absolute atomic E-state index is 13.6. The fraction of sp³-hybridized carbons (Fsp3) is 0.417. The number of rotatable bonds is 10. The molecule has 0 unspecified atom stereocenters. The van der Waals surface area contributed by atoms with Crippen LogP contribution in [0, 0.1) is 6.92 Å². The molecule has 33 heavy (non-hydrogen) atoms. The van der Waals surface area contributed by atoms with Crippen molar-refractivity contribution in [2.24, 2.45) is 0 Å². The van der Waals surface area contributed by atoms with Gasteiger partial charge in [0.15, 0.2) is 0 Å². The van der Waals surface area contributed by atoms with Crippen molar-refractivity contribution in [3.8, 4) is 0 Å². The van der Waals surface area contributed by atoms with Gasteiger partial charge >= 0.3 is 0 Å². The second-order valence-corrected chi connectivity index (χ2v) is 11.1. The smallest absolute Gasteiger partial charge is 0.244 e. The van der Waals surface area contributed by atoms with Crippen molar-refractivity contribution in [3.63, 3.8) is 0 Å². The first-order chi connectivity index (χ1) is 15.4. The van der Waals surface area contributed by atoms with Gasteiger partial charge in [0.2, 0.25) is 21.8 Å². The third-order valence-electron chi connectivity index (χ3n) is 5.09. The summed E-state index contributed by atoms with van der Waals surface area (Å²) in [4.78, 5) is 28.0. The fourth-order valence-electron chi connectivity index (χ4n) is 3.44. The Labute approximate surface area is 205 Å². The Morgan fingerprint density at radius 2 is 1.67 bits per heavy atom. The van der Waals surface area contributed by atoms with E-state index >= 15 is 0 Å². The predicted molar refractivity (Wildman–Crippen MR) is 135 cm³/mol. The number of carbonyl (C=O) groups is 2. The molecule has 1 N–H and O–H groups in total. The van der Waals surface area contributed by atoms with Crippen LogP contribution in [0.15, 0.2) is 53.0 Å². The topological polar surface area (TPSA) is 86.8 Å². The van der Waals surface area contributed by atoms with E-state index in [1.807, 2.05) is 52.0 Å². The van der Waals surface area contributed by atoms with E-state index in [4.69, 9.17) is 0 Å². The molecule has 0 aliphatic heterocycles. The van der Waals surface area contributed by atoms with Crippen LogP contribution < -0.4 is 9.62 Å². The van der Waals surface area contributed by atoms with Gasteiger partial charge in [0.05, 0.1) is 11.9 Å². The van der Waals surface area contributed by atoms with Crippen molar-refractivity contribution in [1.29, 1.82) is 0 Å². The summed E-state index contributed by atoms with van der Waals surface area (Å²) < 4.78 is 26.8. The number of benzene rings is 2. The van der Waals surface area contributed by atoms with Crippen LogP contribution in [0.25, 0.3) is 0 Å². The van der Waals surface area contributed by atoms with Crippen molar-refractivity contribution >= 4 is 43.5 Å². The van der Waals surface area contributed by atoms with E-state index < -0.39 is 28.5 Å². The first-order valence-corrected chi connectivity index (χ1v) is 13.5. The number of aryl methyl sites for hydroxylation is 1. The van der Waals surface area contributed by atoms with E-state index in [2.05, 4.69) is 21.2 Å². The Morgan fingerprint density at radius 1 is 1.06 bits per heavy atom. The third-order valence-corrected chi connectivity index (χ3v) is 6.89. The standard InChI is InChI=1S/C24H32BrN3O4S/c1-6-21(24(30)26-17(2)3)27(15-19-13-11-18(4)12-14-19)23(29)16-28(33(5,31)32)22-10-8-7-9-20(22)25/h7-14,17,21H,6,15-16H2,1-5H3,(H,26,30)/t21-/m0/s1. The van der Waals surface area contributed by atoms with Crippen LogP contribution in [0.4, 0.5) is 5.69 Å². The summed E-state index contributed by atoms with van der Waals surface area (Å²) in [6.07, 6.45) is 1.46. The van der Waals surface area contributed by atoms with Crippen LogP contribution in [0.1, 0.15) is 38.3 Å². The van der Waals surface area contributed by atoms with Crippen molar-refractivity contribution < 1.29 is 18.0 Å². The average Bonchev–Trinajstić information content (AvgIpc) is 2.72. The summed E-state index contributed by atoms with van der Waals surface area (Å²) in [6.45, 7) is 7.29. The SMILES string of the molecule is CC[C@@H](C(=O)NC(C)C)N(Cc1ccc(C)cc1)C(=O)CN(c1ccccc1Br)S(C)(=O)=O. The highest BCUT2D eigenvalue weighted by Gasteiger charge is 2.32. The van der Waals surface area contributed by atoms with E-state index in [0.29, 0.717) is 16.6 Å². The van der Waals surface area contributed by atoms with E-state index in [0.717, 1.165) is 21.7 Å². The third kappa shape index (κ3) is 7.57. The molecule has 0 saturated heterocycles. The summed E-state index contributed by atoms with van der Waals surface area (Å²) in [5.74, 6) is -0.720. The largest absolute Gasteiger partial charge is 0.352 e. The first kappa shape index (κ1) is 26.9. The van der Waals surface area contributed by atoms with E-state index in [-0.39, 0.29) is 18.5 Å². The molecule has 0 heterocycles. The molecule has 9 heteroatoms. The van der Waals surface area contributed by atoms with Gasteiger partial charge < -0.3 is 10.2 Å². The lowest BCUT2D eigenvalue weighted by atomic mass is 10.1. The Kier molecular flexibility index (Phi) is 9.48. The Morgan fingerprint density at radius 3 is 2.18 bits per heavy atom. The van der Waals surface area contributed by atoms with E-state index in [1.54, 1.807) is 24.3 Å². The van der Waals surface area contributed by atoms with Crippen LogP contribution in [0.5, 0.6) is 0 Å². The molecular weight excluding hydrogens is 506 g/mol. The van der Waals surface area contributed by atoms with Crippen molar-refractivity contribution in [2.45, 2.75) is 52.7 Å². The highest BCUT2D eigenvalue weighted by molar-refractivity contribution is 9.10. The second kappa shape index (κ2) is 11.7. The Bertz CT molecular complexity index is 1070. The van der Waals surface area contributed by atoms with Gasteiger partial charge in [-0.2, -0.15) is 0 Å². The van der Waals surface area contributed by atoms with Crippen molar-refractivity contribution in [2.75, 3.05) is 17.1 Å². The maximum atomic E-state index is 13.6. The zero-order chi connectivity index (χ0) is 24.8. The molecule has 0 aliphatic rings. The fourth-order valence-corrected chi connectivity index (χ4v) is 4.92. The number of hydrogen-bond donors (Lipinski definition) is 1. The molecule has 7 nitrogen and oxygen atoms in total. The molecular formula is C24H32BrN3O4S. The number of nitrogens with one attached hydrogen (secondary N) is 1. The van der Waals surface area contributed by atoms with Crippen LogP contribution in [0.3, 0.4) is 0 Å². The molecule has 0 fully saturated rings. The molecule has 0 spiro atoms. The van der Waals surface area contributed by atoms with Crippen molar-refractivity contribution in [3.05, 3.63) is 64.1 Å². The molecule has 2 aromatic rings. The number of sulfonamides is 1. The average molecular weight is 539 g/mol. The van der Waals surface area contributed by atoms with Crippen LogP contribution in [-0.4, -0.2) is 50.0 Å². The molecule has 2 amide bonds. The molecule has 0 bridgehead atoms. The number of carbonyl (C=O) groups excluding carboxylic acids is 2. The Hall–Kier alpha value is -2.39. The van der Waals surface area contributed by atoms with Gasteiger partial charge in [0.25, 0.3) is 0 Å². The summed E-state index contributed by atoms with van der Waals surface area (Å²) in [5.41, 5.74) is 2.30. The molecule has 0 aliphatic carbocycles. The Balaban J connectivity index is 2.44. The second-order valence-electron chi connectivity index (χ2n) is 8.32. The highest BCUT2D eigenvalue weighted by atomic mass is 79.9. The number of amides is 2. The van der Waals surface area contributed by atoms with Crippen LogP contribution in [0.2, 0.25) is 0 Å². The molecule has 2 rings (SSSR count). The van der Waals surface area contributed by atoms with Crippen LogP contribution >= 0.6 is 15.9 Å². The van der Waals surface area contributed by atoms with E-state index in [9.17, 15) is 18.0 Å². The van der Waals surface area contributed by atoms with Crippen molar-refractivity contribution in [1.82, 2.24) is 10.2 Å². The molecule has 0 aromatic heterocycles. The summed E-state index contributed by atoms with van der Waals surface area (Å²) >= 11 is 3.37. The monoisotopic (exact) mass is 537 g/mol. The minimum atomic E-state index is -3.76. The minimum Gasteiger partial charge on any atom is -0.352 e. The zero-order valence-corrected chi connectivity index (χ0v) is 22.1. The van der Waals surface area contributed by atoms with Gasteiger partial charge in [0, 0.05) is 17.1 Å². The predicted octanol–water partition coefficient (Wildman–Crippen LogP) is 3.86. The van der Waals surface area contributed by atoms with Gasteiger partial charge in [-0.05, 0) is 60.8 Å². The summed E-state index contributed by atoms with van der Waals surface area (Å²) in [7, 11) is -3.76. The van der Waals surface area contributed by atoms with Gasteiger partial charge in [-0.1, -0.05) is 48.9 Å². The molecule has 2 aromatic carbocycles. The van der Waals surface area contributed by atoms with Gasteiger partial charge in [-0.25, -0.2) is 8.42 Å². The number of anilines is 1. The quantitative estimate of drug-likeness (QED) is 0.498. The zero-order valence-electron chi connectivity index (χ0n) is 19.7. The van der Waals surface area contributed by atoms with Gasteiger partial charge in [0.1, 0.15) is 12.6 Å². The molecule has 180 valence electrons. The lowest BCUT2D eigenvalue weighted by Crippen LogP contribution is -2.53. The molecule has 1 atom stereocenters. The van der Waals surface area contributed by atoms with Gasteiger partial charge in [-0.3, -0.25) is 13.9 Å². The summed E-state index contributed by atoms with van der Waals surface area (Å²) in [6, 6.07) is 13.7. The lowest BCUT2D eigenvalue weighted by molar-refractivity contribution is -0.140. The van der Waals surface area contributed by atoms with Gasteiger partial charge in [-0.15, -0.1) is 0 Å². The summed E-state index contributed by atoms with van der Waals surface area (Å²) in [5, 5.41) is 2.88. The lowest BCUT2D eigenvalue weighted by Gasteiger charge is -2.33.